The number of hydrogen-bond acceptors (Lipinski definition) is 5. The van der Waals surface area contributed by atoms with Gasteiger partial charge in [0.2, 0.25) is 0 Å². The fraction of sp³-hybridized carbons (Fsp3) is 0.533. The molecule has 1 aliphatic rings. The van der Waals surface area contributed by atoms with Gasteiger partial charge in [0.1, 0.15) is 0 Å². The highest BCUT2D eigenvalue weighted by molar-refractivity contribution is 5.97. The number of likely N-dealkylation sites (tertiary alicyclic amines) is 1. The van der Waals surface area contributed by atoms with Gasteiger partial charge >= 0.3 is 0 Å². The summed E-state index contributed by atoms with van der Waals surface area (Å²) in [6.07, 6.45) is 2.39. The molecule has 114 valence electrons. The number of carbonyl (C=O) groups excluding carboxylic acids is 1. The third-order valence-corrected chi connectivity index (χ3v) is 4.01. The van der Waals surface area contributed by atoms with Crippen LogP contribution in [0.2, 0.25) is 0 Å². The van der Waals surface area contributed by atoms with Crippen molar-refractivity contribution >= 4 is 11.5 Å². The van der Waals surface area contributed by atoms with Crippen LogP contribution in [-0.2, 0) is 0 Å². The van der Waals surface area contributed by atoms with Crippen LogP contribution < -0.4 is 0 Å². The second-order valence-electron chi connectivity index (χ2n) is 5.70. The van der Waals surface area contributed by atoms with E-state index in [4.69, 9.17) is 0 Å². The van der Waals surface area contributed by atoms with Gasteiger partial charge in [0.25, 0.3) is 5.69 Å². The van der Waals surface area contributed by atoms with Crippen molar-refractivity contribution in [3.05, 3.63) is 39.9 Å². The number of non-ortho nitro benzene ring substituents is 1. The smallest absolute Gasteiger partial charge is 0.269 e. The van der Waals surface area contributed by atoms with Crippen molar-refractivity contribution in [3.63, 3.8) is 0 Å². The minimum absolute atomic E-state index is 0.00644. The fourth-order valence-corrected chi connectivity index (χ4v) is 2.74. The molecule has 1 unspecified atom stereocenters. The number of nitro benzene ring substituents is 1. The Labute approximate surface area is 124 Å². The van der Waals surface area contributed by atoms with E-state index in [0.29, 0.717) is 18.2 Å². The number of benzene rings is 1. The molecule has 0 aliphatic carbocycles. The molecule has 1 atom stereocenters. The van der Waals surface area contributed by atoms with Gasteiger partial charge in [0.05, 0.1) is 11.5 Å². The van der Waals surface area contributed by atoms with E-state index >= 15 is 0 Å². The molecule has 1 saturated heterocycles. The Morgan fingerprint density at radius 2 is 2.10 bits per heavy atom. The van der Waals surface area contributed by atoms with Crippen LogP contribution in [0.3, 0.4) is 0 Å². The third kappa shape index (κ3) is 4.09. The van der Waals surface area contributed by atoms with Crippen LogP contribution in [0, 0.1) is 10.1 Å². The Kier molecular flexibility index (Phi) is 5.03. The van der Waals surface area contributed by atoms with Crippen LogP contribution in [0.4, 0.5) is 5.69 Å². The molecule has 0 radical (unpaired) electrons. The maximum Gasteiger partial charge on any atom is 0.269 e. The Balaban J connectivity index is 1.89. The van der Waals surface area contributed by atoms with Gasteiger partial charge in [-0.15, -0.1) is 0 Å². The fourth-order valence-electron chi connectivity index (χ4n) is 2.74. The quantitative estimate of drug-likeness (QED) is 0.454. The molecule has 0 aromatic heterocycles. The van der Waals surface area contributed by atoms with Crippen LogP contribution in [0.15, 0.2) is 24.3 Å². The van der Waals surface area contributed by atoms with E-state index in [9.17, 15) is 14.9 Å². The minimum atomic E-state index is -0.462. The van der Waals surface area contributed by atoms with Crippen molar-refractivity contribution in [1.82, 2.24) is 9.80 Å². The minimum Gasteiger partial charge on any atom is -0.302 e. The number of nitrogens with zero attached hydrogens (tertiary/aromatic N) is 3. The zero-order valence-corrected chi connectivity index (χ0v) is 12.5. The first-order chi connectivity index (χ1) is 9.97. The molecule has 2 rings (SSSR count). The zero-order chi connectivity index (χ0) is 15.4. The summed E-state index contributed by atoms with van der Waals surface area (Å²) in [4.78, 5) is 26.6. The van der Waals surface area contributed by atoms with Crippen LogP contribution >= 0.6 is 0 Å². The van der Waals surface area contributed by atoms with Crippen LogP contribution in [-0.4, -0.2) is 60.3 Å². The lowest BCUT2D eigenvalue weighted by molar-refractivity contribution is -0.384. The van der Waals surface area contributed by atoms with E-state index in [1.165, 1.54) is 37.1 Å². The topological polar surface area (TPSA) is 66.7 Å². The number of hydrogen-bond donors (Lipinski definition) is 0. The highest BCUT2D eigenvalue weighted by atomic mass is 16.6. The summed E-state index contributed by atoms with van der Waals surface area (Å²) in [5.41, 5.74) is 0.528. The molecule has 1 aliphatic heterocycles. The second-order valence-corrected chi connectivity index (χ2v) is 5.70. The normalized spacial score (nSPS) is 19.1. The van der Waals surface area contributed by atoms with Gasteiger partial charge in [-0.1, -0.05) is 0 Å². The highest BCUT2D eigenvalue weighted by Crippen LogP contribution is 2.16. The summed E-state index contributed by atoms with van der Waals surface area (Å²) in [6.45, 7) is 2.33. The molecule has 0 bridgehead atoms. The third-order valence-electron chi connectivity index (χ3n) is 4.01. The molecular formula is C15H21N3O3. The van der Waals surface area contributed by atoms with Gasteiger partial charge < -0.3 is 4.90 Å². The average molecular weight is 291 g/mol. The van der Waals surface area contributed by atoms with Crippen molar-refractivity contribution in [1.29, 1.82) is 0 Å². The standard InChI is InChI=1S/C15H21N3O3/c1-16(10-14-4-3-9-17(14)2)11-15(19)12-5-7-13(8-6-12)18(20)21/h5-8,14H,3-4,9-11H2,1-2H3. The number of ketones is 1. The van der Waals surface area contributed by atoms with Gasteiger partial charge in [-0.05, 0) is 45.6 Å². The van der Waals surface area contributed by atoms with E-state index in [-0.39, 0.29) is 11.5 Å². The SMILES string of the molecule is CN(CC(=O)c1ccc([N+](=O)[O-])cc1)CC1CCCN1C. The van der Waals surface area contributed by atoms with E-state index in [2.05, 4.69) is 11.9 Å². The van der Waals surface area contributed by atoms with Crippen LogP contribution in [0.5, 0.6) is 0 Å². The second kappa shape index (κ2) is 6.78. The molecule has 0 N–H and O–H groups in total. The summed E-state index contributed by atoms with van der Waals surface area (Å²) in [5, 5.41) is 10.6. The first kappa shape index (κ1) is 15.6. The molecule has 1 aromatic carbocycles. The van der Waals surface area contributed by atoms with Crippen molar-refractivity contribution in [2.75, 3.05) is 33.7 Å². The first-order valence-corrected chi connectivity index (χ1v) is 7.14. The van der Waals surface area contributed by atoms with Crippen molar-refractivity contribution in [2.24, 2.45) is 0 Å². The summed E-state index contributed by atoms with van der Waals surface area (Å²) in [5.74, 6) is -0.00644. The Bertz CT molecular complexity index is 515. The maximum absolute atomic E-state index is 12.2. The number of carbonyl (C=O) groups is 1. The largest absolute Gasteiger partial charge is 0.302 e. The lowest BCUT2D eigenvalue weighted by Crippen LogP contribution is -2.38. The lowest BCUT2D eigenvalue weighted by Gasteiger charge is -2.25. The van der Waals surface area contributed by atoms with Crippen molar-refractivity contribution < 1.29 is 9.72 Å². The highest BCUT2D eigenvalue weighted by Gasteiger charge is 2.23. The number of nitro groups is 1. The van der Waals surface area contributed by atoms with E-state index in [1.54, 1.807) is 0 Å². The molecule has 1 aromatic rings. The Morgan fingerprint density at radius 1 is 1.43 bits per heavy atom. The molecular weight excluding hydrogens is 270 g/mol. The molecule has 21 heavy (non-hydrogen) atoms. The molecule has 6 heteroatoms. The number of rotatable bonds is 6. The summed E-state index contributed by atoms with van der Waals surface area (Å²) < 4.78 is 0. The van der Waals surface area contributed by atoms with Gasteiger partial charge in [-0.3, -0.25) is 19.8 Å². The van der Waals surface area contributed by atoms with Gasteiger partial charge in [-0.25, -0.2) is 0 Å². The van der Waals surface area contributed by atoms with Crippen molar-refractivity contribution in [3.8, 4) is 0 Å². The summed E-state index contributed by atoms with van der Waals surface area (Å²) >= 11 is 0. The Morgan fingerprint density at radius 3 is 2.62 bits per heavy atom. The van der Waals surface area contributed by atoms with E-state index < -0.39 is 4.92 Å². The summed E-state index contributed by atoms with van der Waals surface area (Å²) in [6, 6.07) is 6.31. The van der Waals surface area contributed by atoms with Crippen LogP contribution in [0.25, 0.3) is 0 Å². The monoisotopic (exact) mass is 291 g/mol. The average Bonchev–Trinajstić information content (AvgIpc) is 2.84. The predicted octanol–water partition coefficient (Wildman–Crippen LogP) is 1.80. The molecule has 6 nitrogen and oxygen atoms in total. The molecule has 0 spiro atoms. The van der Waals surface area contributed by atoms with E-state index in [1.807, 2.05) is 11.9 Å². The maximum atomic E-state index is 12.2. The molecule has 1 heterocycles. The van der Waals surface area contributed by atoms with Crippen molar-refractivity contribution in [2.45, 2.75) is 18.9 Å². The molecule has 0 saturated carbocycles. The van der Waals surface area contributed by atoms with E-state index in [0.717, 1.165) is 13.1 Å². The Hall–Kier alpha value is -1.79. The number of Topliss-reactive ketones (excluding diaryl/α,β-unsaturated/α-hetero) is 1. The summed E-state index contributed by atoms with van der Waals surface area (Å²) in [7, 11) is 4.05. The van der Waals surface area contributed by atoms with Gasteiger partial charge in [0, 0.05) is 30.3 Å². The van der Waals surface area contributed by atoms with Crippen LogP contribution in [0.1, 0.15) is 23.2 Å². The number of likely N-dealkylation sites (N-methyl/N-ethyl adjacent to an activating group) is 2. The van der Waals surface area contributed by atoms with Gasteiger partial charge in [0.15, 0.2) is 5.78 Å². The molecule has 1 fully saturated rings. The predicted molar refractivity (Wildman–Crippen MR) is 80.6 cm³/mol. The van der Waals surface area contributed by atoms with Gasteiger partial charge in [-0.2, -0.15) is 0 Å². The lowest BCUT2D eigenvalue weighted by atomic mass is 10.1. The first-order valence-electron chi connectivity index (χ1n) is 7.14. The zero-order valence-electron chi connectivity index (χ0n) is 12.5. The molecule has 0 amide bonds.